The number of fused-ring (bicyclic) bond motifs is 1. The van der Waals surface area contributed by atoms with Crippen LogP contribution >= 0.6 is 11.6 Å². The van der Waals surface area contributed by atoms with E-state index in [1.54, 1.807) is 9.47 Å². The molecule has 0 spiro atoms. The molecule has 0 bridgehead atoms. The van der Waals surface area contributed by atoms with Crippen molar-refractivity contribution >= 4 is 40.3 Å². The first-order valence-corrected chi connectivity index (χ1v) is 17.5. The van der Waals surface area contributed by atoms with Gasteiger partial charge in [0.25, 0.3) is 5.91 Å². The first-order chi connectivity index (χ1) is 23.4. The molecule has 2 N–H and O–H groups in total. The maximum atomic E-state index is 14.0. The summed E-state index contributed by atoms with van der Waals surface area (Å²) >= 11 is 6.28. The van der Waals surface area contributed by atoms with Crippen molar-refractivity contribution in [2.75, 3.05) is 58.7 Å². The summed E-state index contributed by atoms with van der Waals surface area (Å²) in [6.45, 7) is 3.71. The molecule has 10 nitrogen and oxygen atoms in total. The molecule has 1 aromatic heterocycles. The zero-order chi connectivity index (χ0) is 34.9. The third-order valence-electron chi connectivity index (χ3n) is 10.6. The minimum Gasteiger partial charge on any atom is -0.436 e. The van der Waals surface area contributed by atoms with Gasteiger partial charge in [0.15, 0.2) is 6.10 Å². The minimum atomic E-state index is -4.69. The van der Waals surface area contributed by atoms with Crippen LogP contribution in [-0.4, -0.2) is 95.7 Å². The van der Waals surface area contributed by atoms with E-state index in [0.29, 0.717) is 50.9 Å². The van der Waals surface area contributed by atoms with Crippen LogP contribution in [0.3, 0.4) is 0 Å². The van der Waals surface area contributed by atoms with E-state index in [4.69, 9.17) is 16.3 Å². The highest BCUT2D eigenvalue weighted by Crippen LogP contribution is 2.40. The highest BCUT2D eigenvalue weighted by atomic mass is 35.5. The fraction of sp³-hybridized carbons (Fsp3) is 0.571. The number of hydrogen-bond acceptors (Lipinski definition) is 6. The number of likely N-dealkylation sites (tertiary alicyclic amines) is 3. The van der Waals surface area contributed by atoms with Gasteiger partial charge in [-0.3, -0.25) is 9.36 Å². The van der Waals surface area contributed by atoms with E-state index in [-0.39, 0.29) is 34.4 Å². The fourth-order valence-electron chi connectivity index (χ4n) is 7.89. The van der Waals surface area contributed by atoms with Crippen LogP contribution < -0.4 is 11.0 Å². The Labute approximate surface area is 288 Å². The number of halogens is 4. The third kappa shape index (κ3) is 7.72. The molecule has 1 atom stereocenters. The fourth-order valence-corrected chi connectivity index (χ4v) is 8.22. The molecule has 2 aromatic carbocycles. The van der Waals surface area contributed by atoms with Crippen LogP contribution in [0.25, 0.3) is 11.0 Å². The minimum absolute atomic E-state index is 0.135. The molecule has 14 heteroatoms. The molecule has 2 amide bonds. The average molecular weight is 705 g/mol. The van der Waals surface area contributed by atoms with Gasteiger partial charge < -0.3 is 29.7 Å². The molecule has 4 heterocycles. The van der Waals surface area contributed by atoms with Crippen LogP contribution in [0.4, 0.5) is 23.7 Å². The van der Waals surface area contributed by atoms with Crippen molar-refractivity contribution in [2.24, 2.45) is 11.8 Å². The molecule has 0 unspecified atom stereocenters. The topological polar surface area (TPSA) is 103 Å². The first-order valence-electron chi connectivity index (χ1n) is 17.1. The van der Waals surface area contributed by atoms with Gasteiger partial charge in [-0.1, -0.05) is 23.7 Å². The van der Waals surface area contributed by atoms with Crippen LogP contribution in [0.2, 0.25) is 5.02 Å². The van der Waals surface area contributed by atoms with Gasteiger partial charge >= 0.3 is 18.0 Å². The summed E-state index contributed by atoms with van der Waals surface area (Å²) in [5.74, 6) is 0.698. The number of carbonyl (C=O) groups is 2. The highest BCUT2D eigenvalue weighted by molar-refractivity contribution is 6.33. The lowest BCUT2D eigenvalue weighted by molar-refractivity contribution is -0.142. The second-order valence-corrected chi connectivity index (χ2v) is 14.1. The van der Waals surface area contributed by atoms with Gasteiger partial charge in [0, 0.05) is 45.7 Å². The number of anilines is 1. The molecule has 0 aliphatic carbocycles. The number of H-pyrrole nitrogens is 1. The number of amides is 2. The number of piperidine rings is 3. The molecule has 3 saturated heterocycles. The number of nitrogens with zero attached hydrogens (tertiary/aromatic N) is 4. The average Bonchev–Trinajstić information content (AvgIpc) is 3.43. The number of aromatic nitrogens is 2. The summed E-state index contributed by atoms with van der Waals surface area (Å²) in [6, 6.07) is 9.64. The third-order valence-corrected chi connectivity index (χ3v) is 10.9. The maximum Gasteiger partial charge on any atom is 0.418 e. The quantitative estimate of drug-likeness (QED) is 0.313. The lowest BCUT2D eigenvalue weighted by Crippen LogP contribution is -2.49. The lowest BCUT2D eigenvalue weighted by Gasteiger charge is -2.40. The van der Waals surface area contributed by atoms with E-state index in [2.05, 4.69) is 22.2 Å². The van der Waals surface area contributed by atoms with Crippen molar-refractivity contribution in [2.45, 2.75) is 63.3 Å². The Hall–Kier alpha value is -3.71. The van der Waals surface area contributed by atoms with Crippen LogP contribution in [0.15, 0.2) is 41.2 Å². The van der Waals surface area contributed by atoms with E-state index in [0.717, 1.165) is 55.9 Å². The van der Waals surface area contributed by atoms with Crippen LogP contribution in [0.5, 0.6) is 0 Å². The number of benzene rings is 2. The Morgan fingerprint density at radius 2 is 1.57 bits per heavy atom. The number of imidazole rings is 1. The summed E-state index contributed by atoms with van der Waals surface area (Å²) in [5, 5.41) is 2.38. The van der Waals surface area contributed by atoms with E-state index < -0.39 is 29.8 Å². The smallest absolute Gasteiger partial charge is 0.418 e. The van der Waals surface area contributed by atoms with Gasteiger partial charge in [0.2, 0.25) is 0 Å². The van der Waals surface area contributed by atoms with Gasteiger partial charge in [0.05, 0.1) is 27.3 Å². The normalized spacial score (nSPS) is 19.7. The summed E-state index contributed by atoms with van der Waals surface area (Å²) in [7, 11) is 3.49. The Kier molecular flexibility index (Phi) is 10.5. The van der Waals surface area contributed by atoms with Crippen LogP contribution in [0, 0.1) is 11.8 Å². The predicted molar refractivity (Wildman–Crippen MR) is 182 cm³/mol. The summed E-state index contributed by atoms with van der Waals surface area (Å²) in [4.78, 5) is 48.7. The standard InChI is InChI=1S/C35H44ClF3N6O4/c1-40-31-26(35(37,38)39)19-22(20-27(31)36)21-30(32(46)43-15-9-24(10-16-43)23-7-13-42(2)14-8-23)49-34(48)44-17-11-25(12-18-44)45-29-6-4-3-5-28(29)41-33(45)47/h3-6,19-20,23-25,30,40H,7-18,21H2,1-2H3,(H,41,47)/t30-/m1/s1. The van der Waals surface area contributed by atoms with Gasteiger partial charge in [-0.25, -0.2) is 9.59 Å². The van der Waals surface area contributed by atoms with Crippen LogP contribution in [-0.2, 0) is 22.1 Å². The highest BCUT2D eigenvalue weighted by Gasteiger charge is 2.38. The first kappa shape index (κ1) is 35.1. The molecule has 3 fully saturated rings. The number of ether oxygens (including phenoxy) is 1. The van der Waals surface area contributed by atoms with E-state index in [1.807, 2.05) is 24.3 Å². The predicted octanol–water partition coefficient (Wildman–Crippen LogP) is 6.01. The molecule has 6 rings (SSSR count). The van der Waals surface area contributed by atoms with E-state index in [9.17, 15) is 27.6 Å². The molecule has 49 heavy (non-hydrogen) atoms. The summed E-state index contributed by atoms with van der Waals surface area (Å²) < 4.78 is 49.6. The van der Waals surface area contributed by atoms with Gasteiger partial charge in [-0.2, -0.15) is 13.2 Å². The lowest BCUT2D eigenvalue weighted by atomic mass is 9.79. The Bertz CT molecular complexity index is 1700. The zero-order valence-electron chi connectivity index (χ0n) is 27.9. The van der Waals surface area contributed by atoms with Crippen molar-refractivity contribution in [1.29, 1.82) is 0 Å². The number of hydrogen-bond donors (Lipinski definition) is 2. The maximum absolute atomic E-state index is 14.0. The largest absolute Gasteiger partial charge is 0.436 e. The molecule has 0 radical (unpaired) electrons. The zero-order valence-corrected chi connectivity index (χ0v) is 28.7. The second kappa shape index (κ2) is 14.6. The SMILES string of the molecule is CNc1c(Cl)cc(C[C@@H](OC(=O)N2CCC(n3c(=O)[nH]c4ccccc43)CC2)C(=O)N2CCC(C3CCN(C)CC3)CC2)cc1C(F)(F)F. The second-order valence-electron chi connectivity index (χ2n) is 13.7. The number of nitrogens with one attached hydrogen (secondary N) is 2. The molecular formula is C35H44ClF3N6O4. The molecule has 0 saturated carbocycles. The van der Waals surface area contributed by atoms with Crippen molar-refractivity contribution in [3.8, 4) is 0 Å². The Balaban J connectivity index is 1.17. The summed E-state index contributed by atoms with van der Waals surface area (Å²) in [6.07, 6.45) is -2.07. The van der Waals surface area contributed by atoms with Crippen LogP contribution in [0.1, 0.15) is 55.7 Å². The van der Waals surface area contributed by atoms with Crippen molar-refractivity contribution in [3.05, 3.63) is 63.0 Å². The molecule has 3 aliphatic heterocycles. The monoisotopic (exact) mass is 704 g/mol. The number of carbonyl (C=O) groups excluding carboxylic acids is 2. The Morgan fingerprint density at radius 3 is 2.20 bits per heavy atom. The number of alkyl halides is 3. The number of rotatable bonds is 7. The molecular weight excluding hydrogens is 661 g/mol. The van der Waals surface area contributed by atoms with Gasteiger partial charge in [0.1, 0.15) is 0 Å². The number of aromatic amines is 1. The van der Waals surface area contributed by atoms with Crippen molar-refractivity contribution in [1.82, 2.24) is 24.3 Å². The number of para-hydroxylation sites is 2. The van der Waals surface area contributed by atoms with Crippen molar-refractivity contribution < 1.29 is 27.5 Å². The Morgan fingerprint density at radius 1 is 0.959 bits per heavy atom. The molecule has 3 aliphatic rings. The molecule has 266 valence electrons. The van der Waals surface area contributed by atoms with E-state index >= 15 is 0 Å². The van der Waals surface area contributed by atoms with Gasteiger partial charge in [-0.05, 0) is 100 Å². The van der Waals surface area contributed by atoms with E-state index in [1.165, 1.54) is 18.0 Å². The molecule has 3 aromatic rings. The summed E-state index contributed by atoms with van der Waals surface area (Å²) in [5.41, 5.74) is 0.242. The van der Waals surface area contributed by atoms with Crippen molar-refractivity contribution in [3.63, 3.8) is 0 Å². The van der Waals surface area contributed by atoms with Gasteiger partial charge in [-0.15, -0.1) is 0 Å².